The molecule has 3 rings (SSSR count). The predicted octanol–water partition coefficient (Wildman–Crippen LogP) is 4.08. The molecular formula is C20H26BNO3S. The molecule has 0 radical (unpaired) electrons. The molecule has 6 heteroatoms. The third kappa shape index (κ3) is 3.73. The Kier molecular flexibility index (Phi) is 4.80. The summed E-state index contributed by atoms with van der Waals surface area (Å²) >= 11 is 0. The lowest BCUT2D eigenvalue weighted by Gasteiger charge is -2.32. The maximum Gasteiger partial charge on any atom is 0.494 e. The molecule has 0 saturated carbocycles. The molecule has 0 aromatic heterocycles. The number of hydrogen-bond donors (Lipinski definition) is 0. The van der Waals surface area contributed by atoms with E-state index >= 15 is 0 Å². The first-order valence-electron chi connectivity index (χ1n) is 8.75. The van der Waals surface area contributed by atoms with E-state index in [0.29, 0.717) is 5.69 Å². The Balaban J connectivity index is 1.84. The van der Waals surface area contributed by atoms with E-state index in [0.717, 1.165) is 15.9 Å². The third-order valence-corrected chi connectivity index (χ3v) is 6.86. The van der Waals surface area contributed by atoms with Crippen molar-refractivity contribution in [2.75, 3.05) is 6.26 Å². The first kappa shape index (κ1) is 19.1. The summed E-state index contributed by atoms with van der Waals surface area (Å²) < 4.78 is 29.5. The van der Waals surface area contributed by atoms with Crippen molar-refractivity contribution in [3.8, 4) is 0 Å². The molecule has 2 aromatic carbocycles. The highest BCUT2D eigenvalue weighted by Gasteiger charge is 2.51. The van der Waals surface area contributed by atoms with Crippen LogP contribution in [0.5, 0.6) is 0 Å². The maximum absolute atomic E-state index is 13.0. The largest absolute Gasteiger partial charge is 0.494 e. The lowest BCUT2D eigenvalue weighted by atomic mass is 9.79. The minimum Gasteiger partial charge on any atom is -0.399 e. The first-order chi connectivity index (χ1) is 12.0. The Morgan fingerprint density at radius 3 is 1.88 bits per heavy atom. The van der Waals surface area contributed by atoms with E-state index in [-0.39, 0.29) is 11.2 Å². The molecule has 0 N–H and O–H groups in total. The molecule has 0 bridgehead atoms. The van der Waals surface area contributed by atoms with Gasteiger partial charge in [-0.05, 0) is 64.3 Å². The van der Waals surface area contributed by atoms with E-state index in [1.807, 2.05) is 83.1 Å². The minimum absolute atomic E-state index is 0.371. The van der Waals surface area contributed by atoms with Gasteiger partial charge in [-0.3, -0.25) is 0 Å². The van der Waals surface area contributed by atoms with Crippen LogP contribution in [0.4, 0.5) is 5.69 Å². The smallest absolute Gasteiger partial charge is 0.399 e. The van der Waals surface area contributed by atoms with Crippen molar-refractivity contribution < 1.29 is 13.5 Å². The summed E-state index contributed by atoms with van der Waals surface area (Å²) in [4.78, 5) is 0.734. The van der Waals surface area contributed by atoms with E-state index in [2.05, 4.69) is 4.36 Å². The summed E-state index contributed by atoms with van der Waals surface area (Å²) in [6.07, 6.45) is 1.67. The molecule has 0 spiro atoms. The van der Waals surface area contributed by atoms with E-state index in [4.69, 9.17) is 9.31 Å². The summed E-state index contributed by atoms with van der Waals surface area (Å²) in [7, 11) is -2.89. The normalized spacial score (nSPS) is 20.6. The van der Waals surface area contributed by atoms with Gasteiger partial charge in [-0.1, -0.05) is 29.8 Å². The highest BCUT2D eigenvalue weighted by atomic mass is 32.2. The van der Waals surface area contributed by atoms with Crippen LogP contribution in [-0.2, 0) is 19.0 Å². The van der Waals surface area contributed by atoms with Crippen molar-refractivity contribution in [2.24, 2.45) is 4.36 Å². The summed E-state index contributed by atoms with van der Waals surface area (Å²) in [6, 6.07) is 15.2. The van der Waals surface area contributed by atoms with Gasteiger partial charge in [0.05, 0.1) is 26.6 Å². The van der Waals surface area contributed by atoms with Crippen LogP contribution in [0.15, 0.2) is 57.8 Å². The number of nitrogens with zero attached hydrogens (tertiary/aromatic N) is 1. The zero-order chi connectivity index (χ0) is 19.2. The van der Waals surface area contributed by atoms with Gasteiger partial charge in [0.1, 0.15) is 0 Å². The van der Waals surface area contributed by atoms with E-state index in [1.54, 1.807) is 6.26 Å². The molecule has 2 aromatic rings. The van der Waals surface area contributed by atoms with Gasteiger partial charge in [0.15, 0.2) is 0 Å². The quantitative estimate of drug-likeness (QED) is 0.764. The first-order valence-corrected chi connectivity index (χ1v) is 10.7. The standard InChI is InChI=1S/C20H26BNO3S/c1-15-7-13-18(14-8-15)26(6,23)22-17-11-9-16(10-12-17)21-24-19(2,3)20(4,5)25-21/h7-14H,1-6H3. The minimum atomic E-state index is -2.49. The van der Waals surface area contributed by atoms with Crippen molar-refractivity contribution in [2.45, 2.75) is 50.7 Å². The lowest BCUT2D eigenvalue weighted by molar-refractivity contribution is 0.00578. The fourth-order valence-corrected chi connectivity index (χ4v) is 3.99. The molecule has 138 valence electrons. The highest BCUT2D eigenvalue weighted by molar-refractivity contribution is 7.93. The Labute approximate surface area is 157 Å². The molecule has 0 amide bonds. The van der Waals surface area contributed by atoms with Crippen LogP contribution >= 0.6 is 0 Å². The van der Waals surface area contributed by atoms with Crippen LogP contribution in [0.3, 0.4) is 0 Å². The van der Waals surface area contributed by atoms with Gasteiger partial charge in [-0.2, -0.15) is 4.36 Å². The van der Waals surface area contributed by atoms with Crippen LogP contribution in [0.2, 0.25) is 0 Å². The highest BCUT2D eigenvalue weighted by Crippen LogP contribution is 2.36. The third-order valence-electron chi connectivity index (χ3n) is 5.16. The van der Waals surface area contributed by atoms with Gasteiger partial charge in [-0.25, -0.2) is 4.21 Å². The maximum atomic E-state index is 13.0. The van der Waals surface area contributed by atoms with Crippen LogP contribution < -0.4 is 5.46 Å². The van der Waals surface area contributed by atoms with Gasteiger partial charge in [0.25, 0.3) is 0 Å². The molecule has 1 aliphatic heterocycles. The number of benzene rings is 2. The molecule has 1 fully saturated rings. The Morgan fingerprint density at radius 1 is 0.885 bits per heavy atom. The van der Waals surface area contributed by atoms with Gasteiger partial charge in [0, 0.05) is 11.2 Å². The van der Waals surface area contributed by atoms with Crippen molar-refractivity contribution >= 4 is 28.0 Å². The van der Waals surface area contributed by atoms with Crippen LogP contribution in [0.25, 0.3) is 0 Å². The molecule has 1 atom stereocenters. The van der Waals surface area contributed by atoms with Crippen LogP contribution in [0, 0.1) is 6.92 Å². The Bertz CT molecular complexity index is 895. The van der Waals surface area contributed by atoms with Crippen molar-refractivity contribution in [1.82, 2.24) is 0 Å². The van der Waals surface area contributed by atoms with E-state index in [9.17, 15) is 4.21 Å². The topological polar surface area (TPSA) is 47.9 Å². The van der Waals surface area contributed by atoms with Gasteiger partial charge in [-0.15, -0.1) is 0 Å². The van der Waals surface area contributed by atoms with E-state index in [1.165, 1.54) is 0 Å². The van der Waals surface area contributed by atoms with Crippen LogP contribution in [-0.4, -0.2) is 28.8 Å². The molecular weight excluding hydrogens is 345 g/mol. The second kappa shape index (κ2) is 6.52. The van der Waals surface area contributed by atoms with Crippen molar-refractivity contribution in [1.29, 1.82) is 0 Å². The van der Waals surface area contributed by atoms with E-state index < -0.39 is 16.8 Å². The molecule has 1 aliphatic rings. The molecule has 1 unspecified atom stereocenters. The number of aryl methyl sites for hydroxylation is 1. The van der Waals surface area contributed by atoms with Gasteiger partial charge in [0.2, 0.25) is 0 Å². The average Bonchev–Trinajstić information content (AvgIpc) is 2.76. The SMILES string of the molecule is Cc1ccc(S(C)(=O)=Nc2ccc(B3OC(C)(C)C(C)(C)O3)cc2)cc1. The van der Waals surface area contributed by atoms with Gasteiger partial charge >= 0.3 is 7.12 Å². The Hall–Kier alpha value is -1.63. The van der Waals surface area contributed by atoms with Crippen molar-refractivity contribution in [3.05, 3.63) is 54.1 Å². The summed E-state index contributed by atoms with van der Waals surface area (Å²) in [6.45, 7) is 10.1. The summed E-state index contributed by atoms with van der Waals surface area (Å²) in [5, 5.41) is 0. The summed E-state index contributed by atoms with van der Waals surface area (Å²) in [5.41, 5.74) is 2.00. The zero-order valence-electron chi connectivity index (χ0n) is 16.3. The fraction of sp³-hybridized carbons (Fsp3) is 0.400. The van der Waals surface area contributed by atoms with Crippen molar-refractivity contribution in [3.63, 3.8) is 0 Å². The zero-order valence-corrected chi connectivity index (χ0v) is 17.1. The lowest BCUT2D eigenvalue weighted by Crippen LogP contribution is -2.41. The monoisotopic (exact) mass is 371 g/mol. The second-order valence-corrected chi connectivity index (χ2v) is 10.1. The molecule has 1 heterocycles. The molecule has 0 aliphatic carbocycles. The average molecular weight is 371 g/mol. The van der Waals surface area contributed by atoms with Crippen LogP contribution in [0.1, 0.15) is 33.3 Å². The molecule has 26 heavy (non-hydrogen) atoms. The second-order valence-electron chi connectivity index (χ2n) is 7.89. The fourth-order valence-electron chi connectivity index (χ4n) is 2.72. The molecule has 4 nitrogen and oxygen atoms in total. The summed E-state index contributed by atoms with van der Waals surface area (Å²) in [5.74, 6) is 0. The number of hydrogen-bond acceptors (Lipinski definition) is 4. The molecule has 1 saturated heterocycles. The predicted molar refractivity (Wildman–Crippen MR) is 108 cm³/mol. The Morgan fingerprint density at radius 2 is 1.38 bits per heavy atom. The van der Waals surface area contributed by atoms with Gasteiger partial charge < -0.3 is 9.31 Å². The number of rotatable bonds is 3.